The smallest absolute Gasteiger partial charge is 0.315 e. The molecule has 0 spiro atoms. The summed E-state index contributed by atoms with van der Waals surface area (Å²) in [5.74, 6) is 1.21. The van der Waals surface area contributed by atoms with Gasteiger partial charge in [-0.15, -0.1) is 0 Å². The topological polar surface area (TPSA) is 198 Å². The van der Waals surface area contributed by atoms with E-state index in [0.29, 0.717) is 48.0 Å². The average Bonchev–Trinajstić information content (AvgIpc) is 3.91. The van der Waals surface area contributed by atoms with Crippen molar-refractivity contribution in [2.75, 3.05) is 68.0 Å². The zero-order valence-corrected chi connectivity index (χ0v) is 40.6. The first kappa shape index (κ1) is 50.4. The maximum Gasteiger partial charge on any atom is 0.315 e. The molecule has 3 saturated heterocycles. The average molecular weight is 952 g/mol. The SMILES string of the molecule is C=CC(=O)N(c1cc(C(=O)NCc2c(CCC)cc(C)[nH]c2=O)cc(-c2ccc(N3CCN(CCC(=O)COCCNC(=O)CCCC[C@@H]4SC[C@@H]5NC(=O)N[C@@H]54)CC3)nc2)c1)C1CCCCC1. The van der Waals surface area contributed by atoms with Gasteiger partial charge in [0.2, 0.25) is 5.91 Å². The van der Waals surface area contributed by atoms with Gasteiger partial charge in [0, 0.05) is 110 Å². The van der Waals surface area contributed by atoms with Gasteiger partial charge in [-0.1, -0.05) is 45.6 Å². The Kier molecular flexibility index (Phi) is 18.3. The van der Waals surface area contributed by atoms with Crippen molar-refractivity contribution in [2.45, 2.75) is 121 Å². The van der Waals surface area contributed by atoms with Crippen LogP contribution in [0.1, 0.15) is 105 Å². The summed E-state index contributed by atoms with van der Waals surface area (Å²) in [6.07, 6.45) is 13.2. The number of ether oxygens (including phenoxy) is 1. The minimum atomic E-state index is -0.348. The predicted molar refractivity (Wildman–Crippen MR) is 267 cm³/mol. The van der Waals surface area contributed by atoms with E-state index in [0.717, 1.165) is 124 Å². The zero-order chi connectivity index (χ0) is 48.0. The van der Waals surface area contributed by atoms with Crippen molar-refractivity contribution in [1.82, 2.24) is 36.1 Å². The number of fused-ring (bicyclic) bond motifs is 1. The number of urea groups is 1. The van der Waals surface area contributed by atoms with Crippen molar-refractivity contribution in [3.05, 3.63) is 88.0 Å². The Morgan fingerprint density at radius 2 is 1.78 bits per heavy atom. The Hall–Kier alpha value is -5.52. The molecule has 5 N–H and O–H groups in total. The standard InChI is InChI=1S/C51H69N9O7S/c1-4-11-35-26-34(3)55-50(65)42(35)31-54-49(64)38-27-37(28-40(29-38)60(47(63)5-2)39-12-7-6-8-13-39)36-16-17-45(53-30-36)59-23-21-58(22-24-59)20-18-41(61)32-67-25-19-52-46(62)15-10-9-14-44-48-43(33-68-44)56-51(66)57-48/h5,16-17,26-30,39,43-44,48H,2,4,6-15,18-25,31-33H2,1,3H3,(H,52,62)(H,54,64)(H,55,65)(H2,56,57,66)/t43-,44-,48-/m0/s1. The second-order valence-electron chi connectivity index (χ2n) is 18.5. The maximum atomic E-state index is 14.0. The second kappa shape index (κ2) is 24.7. The number of rotatable bonds is 23. The van der Waals surface area contributed by atoms with Gasteiger partial charge in [-0.05, 0) is 92.6 Å². The number of hydrogen-bond acceptors (Lipinski definition) is 11. The molecule has 1 aliphatic carbocycles. The van der Waals surface area contributed by atoms with Crippen molar-refractivity contribution in [3.8, 4) is 11.1 Å². The van der Waals surface area contributed by atoms with E-state index in [1.165, 1.54) is 6.08 Å². The molecule has 1 aromatic carbocycles. The molecule has 68 heavy (non-hydrogen) atoms. The van der Waals surface area contributed by atoms with Gasteiger partial charge in [-0.3, -0.25) is 28.9 Å². The lowest BCUT2D eigenvalue weighted by Crippen LogP contribution is -2.47. The first-order chi connectivity index (χ1) is 33.0. The highest BCUT2D eigenvalue weighted by Gasteiger charge is 2.42. The first-order valence-corrected chi connectivity index (χ1v) is 25.6. The highest BCUT2D eigenvalue weighted by Crippen LogP contribution is 2.34. The lowest BCUT2D eigenvalue weighted by Gasteiger charge is -2.35. The maximum absolute atomic E-state index is 14.0. The molecule has 0 unspecified atom stereocenters. The largest absolute Gasteiger partial charge is 0.372 e. The molecule has 3 atom stereocenters. The quantitative estimate of drug-likeness (QED) is 0.0463. The number of aryl methyl sites for hydroxylation is 2. The summed E-state index contributed by atoms with van der Waals surface area (Å²) in [4.78, 5) is 91.0. The second-order valence-corrected chi connectivity index (χ2v) is 19.8. The fraction of sp³-hybridized carbons (Fsp3) is 0.549. The summed E-state index contributed by atoms with van der Waals surface area (Å²) in [6.45, 7) is 12.1. The summed E-state index contributed by atoms with van der Waals surface area (Å²) < 4.78 is 5.57. The summed E-state index contributed by atoms with van der Waals surface area (Å²) in [5.41, 5.74) is 4.56. The molecule has 2 aromatic heterocycles. The number of piperazine rings is 1. The number of carbonyl (C=O) groups excluding carboxylic acids is 5. The molecule has 366 valence electrons. The summed E-state index contributed by atoms with van der Waals surface area (Å²) >= 11 is 1.88. The fourth-order valence-electron chi connectivity index (χ4n) is 9.86. The summed E-state index contributed by atoms with van der Waals surface area (Å²) in [5, 5.41) is 12.2. The van der Waals surface area contributed by atoms with Crippen LogP contribution in [0.2, 0.25) is 0 Å². The minimum Gasteiger partial charge on any atom is -0.372 e. The zero-order valence-electron chi connectivity index (χ0n) is 39.7. The minimum absolute atomic E-state index is 0.0144. The third kappa shape index (κ3) is 13.6. The van der Waals surface area contributed by atoms with Gasteiger partial charge in [0.25, 0.3) is 17.4 Å². The molecule has 0 bridgehead atoms. The van der Waals surface area contributed by atoms with Crippen LogP contribution in [0, 0.1) is 6.92 Å². The highest BCUT2D eigenvalue weighted by molar-refractivity contribution is 8.00. The molecule has 0 radical (unpaired) electrons. The van der Waals surface area contributed by atoms with Gasteiger partial charge < -0.3 is 40.8 Å². The van der Waals surface area contributed by atoms with Crippen LogP contribution in [-0.2, 0) is 32.1 Å². The number of unbranched alkanes of at least 4 members (excludes halogenated alkanes) is 1. The Bertz CT molecular complexity index is 2310. The molecule has 5 amide bonds. The monoisotopic (exact) mass is 952 g/mol. The van der Waals surface area contributed by atoms with Crippen LogP contribution >= 0.6 is 11.8 Å². The number of nitrogens with zero attached hydrogens (tertiary/aromatic N) is 4. The van der Waals surface area contributed by atoms with Gasteiger partial charge >= 0.3 is 6.03 Å². The van der Waals surface area contributed by atoms with E-state index in [1.54, 1.807) is 17.2 Å². The molecule has 3 aliphatic heterocycles. The Balaban J connectivity index is 0.872. The van der Waals surface area contributed by atoms with E-state index in [-0.39, 0.29) is 73.0 Å². The number of amides is 5. The molecule has 5 heterocycles. The number of anilines is 2. The molecular weight excluding hydrogens is 883 g/mol. The predicted octanol–water partition coefficient (Wildman–Crippen LogP) is 5.42. The van der Waals surface area contributed by atoms with Crippen LogP contribution in [0.15, 0.2) is 60.0 Å². The van der Waals surface area contributed by atoms with Crippen LogP contribution in [0.5, 0.6) is 0 Å². The number of aromatic nitrogens is 2. The highest BCUT2D eigenvalue weighted by atomic mass is 32.2. The number of carbonyl (C=O) groups is 5. The van der Waals surface area contributed by atoms with Gasteiger partial charge in [0.1, 0.15) is 12.4 Å². The van der Waals surface area contributed by atoms with Crippen LogP contribution in [-0.4, -0.2) is 126 Å². The van der Waals surface area contributed by atoms with Crippen molar-refractivity contribution in [1.29, 1.82) is 0 Å². The molecule has 1 saturated carbocycles. The van der Waals surface area contributed by atoms with Crippen molar-refractivity contribution in [2.24, 2.45) is 0 Å². The number of Topliss-reactive ketones (excluding diaryl/α,β-unsaturated/α-hetero) is 1. The van der Waals surface area contributed by atoms with Crippen LogP contribution in [0.25, 0.3) is 11.1 Å². The third-order valence-electron chi connectivity index (χ3n) is 13.5. The number of pyridine rings is 2. The Morgan fingerprint density at radius 3 is 2.53 bits per heavy atom. The lowest BCUT2D eigenvalue weighted by molar-refractivity contribution is -0.124. The Morgan fingerprint density at radius 1 is 0.971 bits per heavy atom. The fourth-order valence-corrected chi connectivity index (χ4v) is 11.4. The van der Waals surface area contributed by atoms with Gasteiger partial charge in [-0.25, -0.2) is 9.78 Å². The van der Waals surface area contributed by atoms with Crippen molar-refractivity contribution < 1.29 is 28.7 Å². The molecular formula is C51H69N9O7S. The number of ketones is 1. The first-order valence-electron chi connectivity index (χ1n) is 24.6. The summed E-state index contributed by atoms with van der Waals surface area (Å²) in [7, 11) is 0. The molecule has 4 aliphatic rings. The van der Waals surface area contributed by atoms with Gasteiger partial charge in [-0.2, -0.15) is 11.8 Å². The molecule has 4 fully saturated rings. The Labute approximate surface area is 404 Å². The van der Waals surface area contributed by atoms with E-state index in [2.05, 4.69) is 49.6 Å². The van der Waals surface area contributed by atoms with E-state index in [4.69, 9.17) is 9.72 Å². The molecule has 16 nitrogen and oxygen atoms in total. The molecule has 17 heteroatoms. The van der Waals surface area contributed by atoms with Crippen LogP contribution in [0.3, 0.4) is 0 Å². The van der Waals surface area contributed by atoms with E-state index in [9.17, 15) is 28.8 Å². The number of aromatic amines is 1. The summed E-state index contributed by atoms with van der Waals surface area (Å²) in [6, 6.07) is 11.8. The number of thioether (sulfide) groups is 1. The van der Waals surface area contributed by atoms with E-state index < -0.39 is 0 Å². The third-order valence-corrected chi connectivity index (χ3v) is 15.0. The van der Waals surface area contributed by atoms with Crippen molar-refractivity contribution >= 4 is 52.8 Å². The van der Waals surface area contributed by atoms with E-state index in [1.807, 2.05) is 49.0 Å². The molecule has 7 rings (SSSR count). The van der Waals surface area contributed by atoms with Crippen LogP contribution < -0.4 is 36.6 Å². The normalized spacial score (nSPS) is 19.5. The molecule has 3 aromatic rings. The van der Waals surface area contributed by atoms with Gasteiger partial charge in [0.15, 0.2) is 5.78 Å². The van der Waals surface area contributed by atoms with E-state index >= 15 is 0 Å². The number of nitrogens with one attached hydrogen (secondary N) is 5. The number of hydrogen-bond donors (Lipinski definition) is 5. The van der Waals surface area contributed by atoms with Gasteiger partial charge in [0.05, 0.1) is 18.7 Å². The van der Waals surface area contributed by atoms with Crippen molar-refractivity contribution in [3.63, 3.8) is 0 Å². The van der Waals surface area contributed by atoms with Crippen LogP contribution in [0.4, 0.5) is 16.3 Å². The number of H-pyrrole nitrogens is 1. The number of benzene rings is 1. The lowest BCUT2D eigenvalue weighted by atomic mass is 9.93.